The van der Waals surface area contributed by atoms with Gasteiger partial charge in [0.1, 0.15) is 5.58 Å². The molecule has 0 radical (unpaired) electrons. The van der Waals surface area contributed by atoms with Crippen molar-refractivity contribution in [1.29, 1.82) is 0 Å². The Morgan fingerprint density at radius 3 is 1.48 bits per heavy atom. The Balaban J connectivity index is 1.22. The fourth-order valence-corrected chi connectivity index (χ4v) is 14.6. The van der Waals surface area contributed by atoms with Crippen LogP contribution in [0.25, 0.3) is 22.1 Å². The minimum Gasteiger partial charge on any atom is -0.468 e. The van der Waals surface area contributed by atoms with Crippen molar-refractivity contribution in [2.24, 2.45) is 0 Å². The highest BCUT2D eigenvalue weighted by Gasteiger charge is 2.50. The lowest BCUT2D eigenvalue weighted by Crippen LogP contribution is -2.61. The van der Waals surface area contributed by atoms with E-state index in [1.807, 2.05) is 0 Å². The number of nitrogens with zero attached hydrogens (tertiary/aromatic N) is 2. The summed E-state index contributed by atoms with van der Waals surface area (Å²) in [6.07, 6.45) is 6.96. The first-order chi connectivity index (χ1) is 34.8. The van der Waals surface area contributed by atoms with Crippen molar-refractivity contribution in [3.8, 4) is 11.1 Å². The van der Waals surface area contributed by atoms with Gasteiger partial charge >= 0.3 is 0 Å². The van der Waals surface area contributed by atoms with Crippen molar-refractivity contribution in [3.05, 3.63) is 147 Å². The highest BCUT2D eigenvalue weighted by Crippen LogP contribution is 2.56. The molecule has 12 rings (SSSR count). The van der Waals surface area contributed by atoms with Gasteiger partial charge in [-0.05, 0) is 210 Å². The average Bonchev–Trinajstić information content (AvgIpc) is 3.70. The highest BCUT2D eigenvalue weighted by atomic mass is 16.3. The van der Waals surface area contributed by atoms with Crippen LogP contribution in [0.4, 0.5) is 34.1 Å². The zero-order valence-electron chi connectivity index (χ0n) is 49.4. The van der Waals surface area contributed by atoms with Gasteiger partial charge in [-0.1, -0.05) is 167 Å². The van der Waals surface area contributed by atoms with Crippen molar-refractivity contribution in [1.82, 2.24) is 0 Å². The molecule has 1 aromatic heterocycles. The second-order valence-electron chi connectivity index (χ2n) is 30.3. The van der Waals surface area contributed by atoms with E-state index in [9.17, 15) is 0 Å². The Hall–Kier alpha value is -5.48. The SMILES string of the molecule is Cc1cc2c3c(c1)N(c1ccc4c(c1)C(C)(C)CCC4(C)C)c1c(oc4cc5c(cc14)C(C)(C)CCC5(C)C)B3c1cc3c(cc1N2c1ccc(C(C)(C)C)cc1-c1ccc(C(C)(C)C)cc1)C(C)(C)CCC3(C)C. The summed E-state index contributed by atoms with van der Waals surface area (Å²) in [6, 6.07) is 39.8. The van der Waals surface area contributed by atoms with Gasteiger partial charge in [0.15, 0.2) is 0 Å². The molecular weight excluding hydrogens is 908 g/mol. The first-order valence-electron chi connectivity index (χ1n) is 28.7. The molecule has 0 spiro atoms. The predicted molar refractivity (Wildman–Crippen MR) is 324 cm³/mol. The molecule has 0 unspecified atom stereocenters. The number of aryl methyl sites for hydroxylation is 1. The molecule has 0 fully saturated rings. The van der Waals surface area contributed by atoms with Crippen LogP contribution in [-0.4, -0.2) is 6.71 Å². The van der Waals surface area contributed by atoms with E-state index in [-0.39, 0.29) is 50.0 Å². The molecular formula is C71H85BN2O. The van der Waals surface area contributed by atoms with Crippen LogP contribution in [-0.2, 0) is 43.3 Å². The molecule has 2 aliphatic heterocycles. The lowest BCUT2D eigenvalue weighted by molar-refractivity contribution is 0.332. The number of furan rings is 1. The molecule has 388 valence electrons. The molecule has 5 aliphatic rings. The molecule has 7 aromatic rings. The molecule has 0 amide bonds. The maximum Gasteiger partial charge on any atom is 0.297 e. The summed E-state index contributed by atoms with van der Waals surface area (Å²) in [7, 11) is 0. The second kappa shape index (κ2) is 15.8. The molecule has 0 N–H and O–H groups in total. The third kappa shape index (κ3) is 7.62. The number of hydrogen-bond donors (Lipinski definition) is 0. The number of hydrogen-bond acceptors (Lipinski definition) is 3. The Morgan fingerprint density at radius 2 is 0.920 bits per heavy atom. The van der Waals surface area contributed by atoms with E-state index in [0.717, 1.165) is 43.3 Å². The molecule has 3 heterocycles. The van der Waals surface area contributed by atoms with E-state index in [1.165, 1.54) is 118 Å². The largest absolute Gasteiger partial charge is 0.468 e. The van der Waals surface area contributed by atoms with Gasteiger partial charge in [-0.25, -0.2) is 0 Å². The minimum atomic E-state index is -0.138. The van der Waals surface area contributed by atoms with Crippen molar-refractivity contribution in [2.45, 2.75) is 213 Å². The minimum absolute atomic E-state index is 0.00661. The average molecular weight is 993 g/mol. The monoisotopic (exact) mass is 993 g/mol. The fraction of sp³-hybridized carbons (Fsp3) is 0.465. The van der Waals surface area contributed by atoms with Crippen LogP contribution in [0, 0.1) is 6.92 Å². The van der Waals surface area contributed by atoms with Gasteiger partial charge < -0.3 is 14.2 Å². The highest BCUT2D eigenvalue weighted by molar-refractivity contribution is 7.00. The number of benzene rings is 6. The van der Waals surface area contributed by atoms with Crippen LogP contribution < -0.4 is 26.4 Å². The molecule has 4 heteroatoms. The van der Waals surface area contributed by atoms with Gasteiger partial charge in [-0.2, -0.15) is 0 Å². The molecule has 0 saturated heterocycles. The van der Waals surface area contributed by atoms with Crippen LogP contribution in [0.5, 0.6) is 0 Å². The first-order valence-corrected chi connectivity index (χ1v) is 28.7. The lowest BCUT2D eigenvalue weighted by Gasteiger charge is -2.47. The first kappa shape index (κ1) is 50.3. The third-order valence-corrected chi connectivity index (χ3v) is 20.0. The summed E-state index contributed by atoms with van der Waals surface area (Å²) in [5.41, 5.74) is 27.6. The number of anilines is 6. The quantitative estimate of drug-likeness (QED) is 0.165. The summed E-state index contributed by atoms with van der Waals surface area (Å²) in [5.74, 6) is 0. The van der Waals surface area contributed by atoms with Crippen LogP contribution >= 0.6 is 0 Å². The Morgan fingerprint density at radius 1 is 0.440 bits per heavy atom. The van der Waals surface area contributed by atoms with Crippen molar-refractivity contribution >= 4 is 68.4 Å². The fourth-order valence-electron chi connectivity index (χ4n) is 14.6. The third-order valence-electron chi connectivity index (χ3n) is 20.0. The maximum absolute atomic E-state index is 7.80. The molecule has 0 bridgehead atoms. The standard InChI is InChI=1S/C71H85BN2O/c1-42-34-58-61-59(35-42)74(56-27-24-45(65(5,6)7)36-47(56)43-20-22-44(23-21-43)64(2,3)4)57-40-53-52(69(14,15)31-32-70(53,16)17)39-55(57)72(61)63-62(48-38-51-54(41-60(48)75-63)71(18,19)33-30-68(51,12)13)73(58)46-25-26-49-50(37-46)67(10,11)29-28-66(49,8)9/h20-27,34-41H,28-33H2,1-19H3. The Kier molecular flexibility index (Phi) is 10.6. The van der Waals surface area contributed by atoms with Crippen LogP contribution in [0.1, 0.15) is 213 Å². The molecule has 3 aliphatic carbocycles. The smallest absolute Gasteiger partial charge is 0.297 e. The van der Waals surface area contributed by atoms with Gasteiger partial charge in [0, 0.05) is 33.7 Å². The van der Waals surface area contributed by atoms with Crippen molar-refractivity contribution in [3.63, 3.8) is 0 Å². The van der Waals surface area contributed by atoms with E-state index < -0.39 is 0 Å². The molecule has 75 heavy (non-hydrogen) atoms. The number of rotatable bonds is 3. The normalized spacial score (nSPS) is 20.2. The second-order valence-corrected chi connectivity index (χ2v) is 30.3. The summed E-state index contributed by atoms with van der Waals surface area (Å²) >= 11 is 0. The van der Waals surface area contributed by atoms with E-state index in [1.54, 1.807) is 0 Å². The van der Waals surface area contributed by atoms with Gasteiger partial charge in [0.2, 0.25) is 0 Å². The summed E-state index contributed by atoms with van der Waals surface area (Å²) in [6.45, 7) is 45.8. The Labute approximate surface area is 452 Å². The van der Waals surface area contributed by atoms with Gasteiger partial charge in [0.05, 0.1) is 17.0 Å². The van der Waals surface area contributed by atoms with E-state index >= 15 is 0 Å². The number of fused-ring (bicyclic) bond motifs is 9. The molecule has 3 nitrogen and oxygen atoms in total. The zero-order chi connectivity index (χ0) is 53.7. The zero-order valence-corrected chi connectivity index (χ0v) is 49.4. The van der Waals surface area contributed by atoms with Crippen LogP contribution in [0.15, 0.2) is 101 Å². The van der Waals surface area contributed by atoms with Gasteiger partial charge in [-0.15, -0.1) is 0 Å². The van der Waals surface area contributed by atoms with Crippen molar-refractivity contribution in [2.75, 3.05) is 9.80 Å². The topological polar surface area (TPSA) is 19.6 Å². The van der Waals surface area contributed by atoms with Gasteiger partial charge in [0.25, 0.3) is 6.71 Å². The van der Waals surface area contributed by atoms with Crippen LogP contribution in [0.2, 0.25) is 0 Å². The van der Waals surface area contributed by atoms with Gasteiger partial charge in [-0.3, -0.25) is 0 Å². The molecule has 0 saturated carbocycles. The lowest BCUT2D eigenvalue weighted by atomic mass is 9.35. The summed E-state index contributed by atoms with van der Waals surface area (Å²) in [5, 5.41) is 1.22. The summed E-state index contributed by atoms with van der Waals surface area (Å²) in [4.78, 5) is 5.36. The predicted octanol–water partition coefficient (Wildman–Crippen LogP) is 18.1. The maximum atomic E-state index is 7.80. The summed E-state index contributed by atoms with van der Waals surface area (Å²) < 4.78 is 7.80. The molecule has 0 atom stereocenters. The van der Waals surface area contributed by atoms with Crippen molar-refractivity contribution < 1.29 is 4.42 Å². The van der Waals surface area contributed by atoms with E-state index in [2.05, 4.69) is 238 Å². The van der Waals surface area contributed by atoms with Crippen LogP contribution in [0.3, 0.4) is 0 Å². The van der Waals surface area contributed by atoms with E-state index in [4.69, 9.17) is 4.42 Å². The van der Waals surface area contributed by atoms with E-state index in [0.29, 0.717) is 0 Å². The molecule has 6 aromatic carbocycles. The Bertz CT molecular complexity index is 3540.